The van der Waals surface area contributed by atoms with E-state index < -0.39 is 5.91 Å². The zero-order valence-corrected chi connectivity index (χ0v) is 10.8. The summed E-state index contributed by atoms with van der Waals surface area (Å²) in [4.78, 5) is 13.8. The number of hydrogen-bond acceptors (Lipinski definition) is 3. The molecule has 1 aliphatic carbocycles. The summed E-state index contributed by atoms with van der Waals surface area (Å²) < 4.78 is 0. The number of nitrogens with zero attached hydrogens (tertiary/aromatic N) is 1. The summed E-state index contributed by atoms with van der Waals surface area (Å²) >= 11 is 6.27. The maximum atomic E-state index is 11.6. The van der Waals surface area contributed by atoms with E-state index in [0.717, 1.165) is 18.2 Å². The number of anilines is 2. The minimum Gasteiger partial charge on any atom is -0.399 e. The summed E-state index contributed by atoms with van der Waals surface area (Å²) in [5.74, 6) is 0.256. The molecule has 3 rings (SSSR count). The Morgan fingerprint density at radius 1 is 1.39 bits per heavy atom. The number of benzene rings is 1. The van der Waals surface area contributed by atoms with E-state index in [9.17, 15) is 4.79 Å². The van der Waals surface area contributed by atoms with Crippen molar-refractivity contribution in [2.45, 2.75) is 25.3 Å². The van der Waals surface area contributed by atoms with Crippen molar-refractivity contribution in [2.24, 2.45) is 11.7 Å². The number of primary amides is 1. The van der Waals surface area contributed by atoms with Gasteiger partial charge in [0, 0.05) is 18.3 Å². The van der Waals surface area contributed by atoms with Crippen LogP contribution in [0.5, 0.6) is 0 Å². The van der Waals surface area contributed by atoms with Gasteiger partial charge < -0.3 is 16.4 Å². The number of rotatable bonds is 2. The number of amides is 1. The Morgan fingerprint density at radius 2 is 2.17 bits per heavy atom. The van der Waals surface area contributed by atoms with Crippen LogP contribution in [0.4, 0.5) is 11.4 Å². The summed E-state index contributed by atoms with van der Waals surface area (Å²) in [6, 6.07) is 3.81. The largest absolute Gasteiger partial charge is 0.399 e. The zero-order valence-electron chi connectivity index (χ0n) is 10.0. The molecule has 2 bridgehead atoms. The number of carbonyl (C=O) groups excluding carboxylic acids is 1. The first-order valence-electron chi connectivity index (χ1n) is 6.21. The van der Waals surface area contributed by atoms with Gasteiger partial charge in [-0.05, 0) is 37.3 Å². The van der Waals surface area contributed by atoms with Crippen LogP contribution in [0.3, 0.4) is 0 Å². The topological polar surface area (TPSA) is 72.3 Å². The highest BCUT2D eigenvalue weighted by Crippen LogP contribution is 2.44. The third kappa shape index (κ3) is 1.72. The first kappa shape index (κ1) is 11.7. The van der Waals surface area contributed by atoms with Crippen LogP contribution in [0.15, 0.2) is 12.1 Å². The zero-order chi connectivity index (χ0) is 12.9. The van der Waals surface area contributed by atoms with Gasteiger partial charge in [-0.15, -0.1) is 0 Å². The van der Waals surface area contributed by atoms with E-state index in [0.29, 0.717) is 22.3 Å². The predicted octanol–water partition coefficient (Wildman–Crippen LogP) is 2.01. The van der Waals surface area contributed by atoms with Crippen LogP contribution in [0.1, 0.15) is 29.6 Å². The Balaban J connectivity index is 2.08. The third-order valence-electron chi connectivity index (χ3n) is 4.05. The minimum atomic E-state index is -0.470. The molecule has 1 saturated carbocycles. The van der Waals surface area contributed by atoms with Gasteiger partial charge in [-0.25, -0.2) is 0 Å². The molecule has 1 amide bonds. The molecule has 4 N–H and O–H groups in total. The fraction of sp³-hybridized carbons (Fsp3) is 0.462. The summed E-state index contributed by atoms with van der Waals surface area (Å²) in [6.07, 6.45) is 3.64. The lowest BCUT2D eigenvalue weighted by atomic mass is 10.1. The van der Waals surface area contributed by atoms with Gasteiger partial charge in [0.25, 0.3) is 5.91 Å². The van der Waals surface area contributed by atoms with Gasteiger partial charge in [-0.3, -0.25) is 4.79 Å². The van der Waals surface area contributed by atoms with Crippen molar-refractivity contribution in [1.82, 2.24) is 0 Å². The molecule has 5 heteroatoms. The van der Waals surface area contributed by atoms with Crippen molar-refractivity contribution >= 4 is 28.9 Å². The van der Waals surface area contributed by atoms with Crippen molar-refractivity contribution < 1.29 is 4.79 Å². The number of hydrogen-bond donors (Lipinski definition) is 2. The van der Waals surface area contributed by atoms with Gasteiger partial charge in [-0.1, -0.05) is 11.6 Å². The Bertz CT molecular complexity index is 517. The Morgan fingerprint density at radius 3 is 2.72 bits per heavy atom. The molecule has 1 saturated heterocycles. The number of piperidine rings is 1. The van der Waals surface area contributed by atoms with Crippen LogP contribution in [-0.4, -0.2) is 18.5 Å². The molecule has 96 valence electrons. The maximum absolute atomic E-state index is 11.6. The van der Waals surface area contributed by atoms with Crippen molar-refractivity contribution in [3.8, 4) is 0 Å². The molecule has 2 atom stereocenters. The Hall–Kier alpha value is -1.42. The van der Waals surface area contributed by atoms with Crippen LogP contribution in [0.25, 0.3) is 0 Å². The minimum absolute atomic E-state index is 0.438. The van der Waals surface area contributed by atoms with E-state index >= 15 is 0 Å². The molecular formula is C13H16ClN3O. The van der Waals surface area contributed by atoms with Gasteiger partial charge in [0.15, 0.2) is 0 Å². The fourth-order valence-corrected chi connectivity index (χ4v) is 3.63. The van der Waals surface area contributed by atoms with Crippen molar-refractivity contribution in [1.29, 1.82) is 0 Å². The van der Waals surface area contributed by atoms with Crippen molar-refractivity contribution in [3.05, 3.63) is 22.7 Å². The van der Waals surface area contributed by atoms with Crippen LogP contribution in [0.2, 0.25) is 5.02 Å². The molecule has 2 aliphatic rings. The molecule has 18 heavy (non-hydrogen) atoms. The van der Waals surface area contributed by atoms with Gasteiger partial charge in [0.1, 0.15) is 0 Å². The molecular weight excluding hydrogens is 250 g/mol. The van der Waals surface area contributed by atoms with Crippen LogP contribution in [-0.2, 0) is 0 Å². The number of fused-ring (bicyclic) bond motifs is 2. The molecule has 2 fully saturated rings. The molecule has 0 radical (unpaired) electrons. The Labute approximate surface area is 111 Å². The van der Waals surface area contributed by atoms with E-state index in [4.69, 9.17) is 23.1 Å². The molecule has 1 aliphatic heterocycles. The highest BCUT2D eigenvalue weighted by atomic mass is 35.5. The third-order valence-corrected chi connectivity index (χ3v) is 4.34. The quantitative estimate of drug-likeness (QED) is 0.804. The van der Waals surface area contributed by atoms with E-state index in [2.05, 4.69) is 4.90 Å². The molecule has 2 unspecified atom stereocenters. The molecule has 1 aromatic rings. The van der Waals surface area contributed by atoms with Gasteiger partial charge in [0.05, 0.1) is 16.3 Å². The number of halogens is 1. The Kier molecular flexibility index (Phi) is 2.63. The lowest BCUT2D eigenvalue weighted by molar-refractivity contribution is 0.100. The second-order valence-corrected chi connectivity index (χ2v) is 5.66. The van der Waals surface area contributed by atoms with E-state index in [1.807, 2.05) is 0 Å². The first-order chi connectivity index (χ1) is 8.56. The molecule has 0 aromatic heterocycles. The standard InChI is InChI=1S/C13H16ClN3O/c14-11-5-8(15)4-10(13(16)18)12(11)17-6-7-1-2-9(17)3-7/h4-5,7,9H,1-3,6,15H2,(H2,16,18). The smallest absolute Gasteiger partial charge is 0.250 e. The number of nitrogens with two attached hydrogens (primary N) is 2. The van der Waals surface area contributed by atoms with Crippen LogP contribution in [0, 0.1) is 5.92 Å². The number of nitrogen functional groups attached to an aromatic ring is 1. The lowest BCUT2D eigenvalue weighted by Gasteiger charge is -2.31. The van der Waals surface area contributed by atoms with E-state index in [1.54, 1.807) is 12.1 Å². The fourth-order valence-electron chi connectivity index (χ4n) is 3.30. The molecule has 0 spiro atoms. The average molecular weight is 266 g/mol. The molecule has 1 aromatic carbocycles. The van der Waals surface area contributed by atoms with Crippen LogP contribution >= 0.6 is 11.6 Å². The second kappa shape index (κ2) is 4.05. The highest BCUT2D eigenvalue weighted by Gasteiger charge is 2.39. The summed E-state index contributed by atoms with van der Waals surface area (Å²) in [7, 11) is 0. The van der Waals surface area contributed by atoms with Gasteiger partial charge >= 0.3 is 0 Å². The average Bonchev–Trinajstić information content (AvgIpc) is 2.89. The summed E-state index contributed by atoms with van der Waals surface area (Å²) in [5.41, 5.74) is 12.8. The van der Waals surface area contributed by atoms with E-state index in [-0.39, 0.29) is 0 Å². The lowest BCUT2D eigenvalue weighted by Crippen LogP contribution is -2.34. The molecule has 1 heterocycles. The monoisotopic (exact) mass is 265 g/mol. The van der Waals surface area contributed by atoms with E-state index in [1.165, 1.54) is 19.3 Å². The maximum Gasteiger partial charge on any atom is 0.250 e. The second-order valence-electron chi connectivity index (χ2n) is 5.25. The normalized spacial score (nSPS) is 25.7. The van der Waals surface area contributed by atoms with Crippen molar-refractivity contribution in [2.75, 3.05) is 17.2 Å². The van der Waals surface area contributed by atoms with Gasteiger partial charge in [-0.2, -0.15) is 0 Å². The predicted molar refractivity (Wildman–Crippen MR) is 72.9 cm³/mol. The highest BCUT2D eigenvalue weighted by molar-refractivity contribution is 6.34. The summed E-state index contributed by atoms with van der Waals surface area (Å²) in [6.45, 7) is 0.967. The van der Waals surface area contributed by atoms with Crippen LogP contribution < -0.4 is 16.4 Å². The van der Waals surface area contributed by atoms with Crippen molar-refractivity contribution in [3.63, 3.8) is 0 Å². The number of carbonyl (C=O) groups is 1. The van der Waals surface area contributed by atoms with Gasteiger partial charge in [0.2, 0.25) is 0 Å². The molecule has 4 nitrogen and oxygen atoms in total. The first-order valence-corrected chi connectivity index (χ1v) is 6.59. The summed E-state index contributed by atoms with van der Waals surface area (Å²) in [5, 5.41) is 0.524. The SMILES string of the molecule is NC(=O)c1cc(N)cc(Cl)c1N1CC2CCC1C2.